The average molecular weight is 336 g/mol. The Morgan fingerprint density at radius 1 is 1.30 bits per heavy atom. The second kappa shape index (κ2) is 6.61. The zero-order valence-corrected chi connectivity index (χ0v) is 14.4. The molecular weight excluding hydrogens is 312 g/mol. The smallest absolute Gasteiger partial charge is 0.224 e. The quantitative estimate of drug-likeness (QED) is 0.826. The zero-order chi connectivity index (χ0) is 16.4. The van der Waals surface area contributed by atoms with Gasteiger partial charge in [0.1, 0.15) is 0 Å². The molecule has 1 aromatic rings. The number of rotatable bonds is 4. The van der Waals surface area contributed by atoms with Crippen molar-refractivity contribution < 1.29 is 13.2 Å². The minimum Gasteiger partial charge on any atom is -0.338 e. The molecule has 0 spiro atoms. The third-order valence-corrected chi connectivity index (χ3v) is 6.74. The van der Waals surface area contributed by atoms with Crippen LogP contribution in [-0.2, 0) is 27.6 Å². The molecule has 1 saturated heterocycles. The SMILES string of the molecule is CN(CCC(=O)N1CCc2ccccc2C1)[C@@H]1CCS(=O)(=O)C1. The number of benzene rings is 1. The topological polar surface area (TPSA) is 57.7 Å². The van der Waals surface area contributed by atoms with Gasteiger partial charge < -0.3 is 9.80 Å². The number of carbonyl (C=O) groups excluding carboxylic acids is 1. The van der Waals surface area contributed by atoms with Crippen molar-refractivity contribution in [1.29, 1.82) is 0 Å². The molecule has 23 heavy (non-hydrogen) atoms. The van der Waals surface area contributed by atoms with Crippen molar-refractivity contribution in [3.05, 3.63) is 35.4 Å². The van der Waals surface area contributed by atoms with Gasteiger partial charge in [0.15, 0.2) is 9.84 Å². The molecule has 0 N–H and O–H groups in total. The molecule has 5 nitrogen and oxygen atoms in total. The first-order valence-electron chi connectivity index (χ1n) is 8.20. The summed E-state index contributed by atoms with van der Waals surface area (Å²) in [7, 11) is -0.949. The molecule has 3 rings (SSSR count). The number of fused-ring (bicyclic) bond motifs is 1. The molecule has 2 aliphatic heterocycles. The average Bonchev–Trinajstić information content (AvgIpc) is 2.92. The van der Waals surface area contributed by atoms with Crippen molar-refractivity contribution in [2.24, 2.45) is 0 Å². The highest BCUT2D eigenvalue weighted by molar-refractivity contribution is 7.91. The highest BCUT2D eigenvalue weighted by Crippen LogP contribution is 2.20. The van der Waals surface area contributed by atoms with Gasteiger partial charge in [-0.3, -0.25) is 4.79 Å². The predicted octanol–water partition coefficient (Wildman–Crippen LogP) is 1.08. The van der Waals surface area contributed by atoms with Crippen LogP contribution in [0, 0.1) is 0 Å². The fraction of sp³-hybridized carbons (Fsp3) is 0.588. The molecule has 1 aromatic carbocycles. The van der Waals surface area contributed by atoms with E-state index in [1.54, 1.807) is 0 Å². The monoisotopic (exact) mass is 336 g/mol. The van der Waals surface area contributed by atoms with E-state index >= 15 is 0 Å². The molecule has 0 aliphatic carbocycles. The van der Waals surface area contributed by atoms with Crippen LogP contribution < -0.4 is 0 Å². The van der Waals surface area contributed by atoms with E-state index in [-0.39, 0.29) is 23.5 Å². The van der Waals surface area contributed by atoms with E-state index in [4.69, 9.17) is 0 Å². The maximum Gasteiger partial charge on any atom is 0.224 e. The van der Waals surface area contributed by atoms with Crippen LogP contribution in [0.5, 0.6) is 0 Å². The molecule has 6 heteroatoms. The number of sulfone groups is 1. The van der Waals surface area contributed by atoms with E-state index in [9.17, 15) is 13.2 Å². The summed E-state index contributed by atoms with van der Waals surface area (Å²) in [6.45, 7) is 2.09. The summed E-state index contributed by atoms with van der Waals surface area (Å²) in [5.41, 5.74) is 2.58. The summed E-state index contributed by atoms with van der Waals surface area (Å²) in [4.78, 5) is 16.4. The van der Waals surface area contributed by atoms with Crippen LogP contribution in [-0.4, -0.2) is 61.8 Å². The lowest BCUT2D eigenvalue weighted by Gasteiger charge is -2.30. The van der Waals surface area contributed by atoms with Crippen molar-refractivity contribution in [2.75, 3.05) is 31.6 Å². The van der Waals surface area contributed by atoms with E-state index < -0.39 is 9.84 Å². The van der Waals surface area contributed by atoms with Gasteiger partial charge in [-0.05, 0) is 31.0 Å². The highest BCUT2D eigenvalue weighted by atomic mass is 32.2. The number of amides is 1. The van der Waals surface area contributed by atoms with Crippen molar-refractivity contribution in [1.82, 2.24) is 9.80 Å². The normalized spacial score (nSPS) is 23.0. The van der Waals surface area contributed by atoms with Crippen LogP contribution in [0.3, 0.4) is 0 Å². The van der Waals surface area contributed by atoms with Gasteiger partial charge in [-0.2, -0.15) is 0 Å². The van der Waals surface area contributed by atoms with Gasteiger partial charge in [0.05, 0.1) is 11.5 Å². The Morgan fingerprint density at radius 2 is 2.04 bits per heavy atom. The molecule has 126 valence electrons. The minimum atomic E-state index is -2.87. The van der Waals surface area contributed by atoms with Gasteiger partial charge >= 0.3 is 0 Å². The van der Waals surface area contributed by atoms with Crippen LogP contribution in [0.4, 0.5) is 0 Å². The molecule has 2 aliphatic rings. The van der Waals surface area contributed by atoms with Crippen molar-refractivity contribution in [2.45, 2.75) is 31.8 Å². The minimum absolute atomic E-state index is 0.0647. The standard InChI is InChI=1S/C17H24N2O3S/c1-18(16-8-11-23(21,22)13-16)9-7-17(20)19-10-6-14-4-2-3-5-15(14)12-19/h2-5,16H,6-13H2,1H3/t16-/m1/s1. The van der Waals surface area contributed by atoms with E-state index in [0.29, 0.717) is 25.9 Å². The zero-order valence-electron chi connectivity index (χ0n) is 13.6. The van der Waals surface area contributed by atoms with E-state index in [1.807, 2.05) is 29.0 Å². The molecule has 1 fully saturated rings. The molecule has 2 heterocycles. The van der Waals surface area contributed by atoms with Crippen LogP contribution >= 0.6 is 0 Å². The van der Waals surface area contributed by atoms with Crippen molar-refractivity contribution in [3.8, 4) is 0 Å². The van der Waals surface area contributed by atoms with Gasteiger partial charge in [-0.25, -0.2) is 8.42 Å². The Morgan fingerprint density at radius 3 is 2.74 bits per heavy atom. The fourth-order valence-electron chi connectivity index (χ4n) is 3.44. The van der Waals surface area contributed by atoms with E-state index in [1.165, 1.54) is 11.1 Å². The molecule has 0 bridgehead atoms. The molecule has 0 saturated carbocycles. The first-order valence-corrected chi connectivity index (χ1v) is 10.0. The second-order valence-corrected chi connectivity index (χ2v) is 8.85. The third kappa shape index (κ3) is 3.93. The summed E-state index contributed by atoms with van der Waals surface area (Å²) in [6, 6.07) is 8.34. The summed E-state index contributed by atoms with van der Waals surface area (Å²) < 4.78 is 23.1. The maximum atomic E-state index is 12.4. The number of hydrogen-bond acceptors (Lipinski definition) is 4. The number of carbonyl (C=O) groups is 1. The Labute approximate surface area is 138 Å². The Kier molecular flexibility index (Phi) is 4.73. The molecule has 1 atom stereocenters. The first kappa shape index (κ1) is 16.5. The lowest BCUT2D eigenvalue weighted by Crippen LogP contribution is -2.39. The van der Waals surface area contributed by atoms with Crippen LogP contribution in [0.25, 0.3) is 0 Å². The fourth-order valence-corrected chi connectivity index (χ4v) is 5.25. The summed E-state index contributed by atoms with van der Waals surface area (Å²) in [5, 5.41) is 0. The van der Waals surface area contributed by atoms with Crippen LogP contribution in [0.2, 0.25) is 0 Å². The van der Waals surface area contributed by atoms with Gasteiger partial charge in [-0.15, -0.1) is 0 Å². The third-order valence-electron chi connectivity index (χ3n) is 4.99. The van der Waals surface area contributed by atoms with Gasteiger partial charge in [0.25, 0.3) is 0 Å². The summed E-state index contributed by atoms with van der Waals surface area (Å²) in [6.07, 6.45) is 2.05. The van der Waals surface area contributed by atoms with Gasteiger partial charge in [0.2, 0.25) is 5.91 Å². The molecule has 0 aromatic heterocycles. The lowest BCUT2D eigenvalue weighted by atomic mass is 10.00. The Balaban J connectivity index is 1.50. The van der Waals surface area contributed by atoms with Gasteiger partial charge in [-0.1, -0.05) is 24.3 Å². The Hall–Kier alpha value is -1.40. The van der Waals surface area contributed by atoms with E-state index in [2.05, 4.69) is 12.1 Å². The molecular formula is C17H24N2O3S. The largest absolute Gasteiger partial charge is 0.338 e. The molecule has 0 unspecified atom stereocenters. The summed E-state index contributed by atoms with van der Waals surface area (Å²) in [5.74, 6) is 0.667. The van der Waals surface area contributed by atoms with Crippen molar-refractivity contribution >= 4 is 15.7 Å². The van der Waals surface area contributed by atoms with Crippen LogP contribution in [0.1, 0.15) is 24.0 Å². The summed E-state index contributed by atoms with van der Waals surface area (Å²) >= 11 is 0. The van der Waals surface area contributed by atoms with Gasteiger partial charge in [0, 0.05) is 32.1 Å². The lowest BCUT2D eigenvalue weighted by molar-refractivity contribution is -0.132. The predicted molar refractivity (Wildman–Crippen MR) is 89.9 cm³/mol. The molecule has 0 radical (unpaired) electrons. The Bertz CT molecular complexity index is 687. The van der Waals surface area contributed by atoms with E-state index in [0.717, 1.165) is 13.0 Å². The highest BCUT2D eigenvalue weighted by Gasteiger charge is 2.31. The number of nitrogens with zero attached hydrogens (tertiary/aromatic N) is 2. The maximum absolute atomic E-state index is 12.4. The second-order valence-electron chi connectivity index (χ2n) is 6.62. The number of hydrogen-bond donors (Lipinski definition) is 0. The van der Waals surface area contributed by atoms with Crippen LogP contribution in [0.15, 0.2) is 24.3 Å². The van der Waals surface area contributed by atoms with Crippen molar-refractivity contribution in [3.63, 3.8) is 0 Å². The molecule has 1 amide bonds. The first-order chi connectivity index (χ1) is 10.9.